The standard InChI is InChI=1S/C17H18N4O2/c1-12-8-10-15(11-9-12)20-19-13(2)16(21-23)17(22)18-14-6-4-3-5-7-14/h3-11,20,23H,1-2H3,(H,18,22)/b19-13+,21-16-. The Kier molecular flexibility index (Phi) is 5.46. The van der Waals surface area contributed by atoms with Gasteiger partial charge < -0.3 is 10.5 Å². The molecule has 23 heavy (non-hydrogen) atoms. The van der Waals surface area contributed by atoms with Crippen LogP contribution in [0.3, 0.4) is 0 Å². The normalized spacial score (nSPS) is 11.9. The SMILES string of the molecule is CC(=N\Nc1ccc(C)cc1)/C(=N/O)C(=O)Nc1ccccc1. The number of nitrogens with one attached hydrogen (secondary N) is 2. The lowest BCUT2D eigenvalue weighted by Crippen LogP contribution is -2.29. The molecule has 2 aromatic carbocycles. The molecule has 3 N–H and O–H groups in total. The lowest BCUT2D eigenvalue weighted by molar-refractivity contribution is -0.110. The molecule has 6 nitrogen and oxygen atoms in total. The quantitative estimate of drug-likeness (QED) is 0.450. The van der Waals surface area contributed by atoms with E-state index in [2.05, 4.69) is 21.0 Å². The summed E-state index contributed by atoms with van der Waals surface area (Å²) in [6, 6.07) is 16.5. The van der Waals surface area contributed by atoms with Crippen molar-refractivity contribution >= 4 is 28.7 Å². The number of carbonyl (C=O) groups excluding carboxylic acids is 1. The molecule has 0 aliphatic carbocycles. The lowest BCUT2D eigenvalue weighted by Gasteiger charge is -2.07. The van der Waals surface area contributed by atoms with Crippen molar-refractivity contribution in [1.29, 1.82) is 0 Å². The minimum atomic E-state index is -0.536. The van der Waals surface area contributed by atoms with Crippen LogP contribution in [0.4, 0.5) is 11.4 Å². The van der Waals surface area contributed by atoms with Gasteiger partial charge in [-0.05, 0) is 38.1 Å². The van der Waals surface area contributed by atoms with Gasteiger partial charge in [0.15, 0.2) is 5.71 Å². The van der Waals surface area contributed by atoms with Crippen molar-refractivity contribution in [1.82, 2.24) is 0 Å². The molecule has 0 radical (unpaired) electrons. The van der Waals surface area contributed by atoms with E-state index >= 15 is 0 Å². The third kappa shape index (κ3) is 4.67. The second-order valence-electron chi connectivity index (χ2n) is 4.94. The van der Waals surface area contributed by atoms with Gasteiger partial charge in [-0.15, -0.1) is 0 Å². The highest BCUT2D eigenvalue weighted by molar-refractivity contribution is 6.68. The summed E-state index contributed by atoms with van der Waals surface area (Å²) < 4.78 is 0. The molecule has 0 unspecified atom stereocenters. The van der Waals surface area contributed by atoms with Crippen molar-refractivity contribution in [3.63, 3.8) is 0 Å². The average molecular weight is 310 g/mol. The summed E-state index contributed by atoms with van der Waals surface area (Å²) in [6.45, 7) is 3.57. The molecular weight excluding hydrogens is 292 g/mol. The van der Waals surface area contributed by atoms with E-state index in [1.807, 2.05) is 37.3 Å². The Labute approximate surface area is 134 Å². The number of oxime groups is 1. The maximum Gasteiger partial charge on any atom is 0.279 e. The smallest absolute Gasteiger partial charge is 0.279 e. The van der Waals surface area contributed by atoms with Crippen LogP contribution >= 0.6 is 0 Å². The fourth-order valence-electron chi connectivity index (χ4n) is 1.82. The zero-order valence-electron chi connectivity index (χ0n) is 12.9. The molecule has 0 saturated carbocycles. The number of nitrogens with zero attached hydrogens (tertiary/aromatic N) is 2. The van der Waals surface area contributed by atoms with Crippen LogP contribution in [0.2, 0.25) is 0 Å². The summed E-state index contributed by atoms with van der Waals surface area (Å²) in [5.41, 5.74) is 5.45. The Bertz CT molecular complexity index is 722. The highest BCUT2D eigenvalue weighted by atomic mass is 16.4. The maximum atomic E-state index is 12.1. The van der Waals surface area contributed by atoms with E-state index in [4.69, 9.17) is 5.21 Å². The van der Waals surface area contributed by atoms with Gasteiger partial charge in [0.25, 0.3) is 5.91 Å². The molecule has 0 spiro atoms. The second-order valence-corrected chi connectivity index (χ2v) is 4.94. The number of aryl methyl sites for hydroxylation is 1. The number of rotatable bonds is 5. The number of benzene rings is 2. The molecule has 0 bridgehead atoms. The molecule has 0 aliphatic rings. The summed E-state index contributed by atoms with van der Waals surface area (Å²) in [4.78, 5) is 12.1. The van der Waals surface area contributed by atoms with Crippen LogP contribution in [-0.2, 0) is 4.79 Å². The van der Waals surface area contributed by atoms with Crippen LogP contribution in [0, 0.1) is 6.92 Å². The van der Waals surface area contributed by atoms with Crippen LogP contribution in [0.1, 0.15) is 12.5 Å². The van der Waals surface area contributed by atoms with Crippen molar-refractivity contribution in [2.45, 2.75) is 13.8 Å². The number of anilines is 2. The van der Waals surface area contributed by atoms with Gasteiger partial charge in [0, 0.05) is 5.69 Å². The zero-order valence-corrected chi connectivity index (χ0v) is 12.9. The third-order valence-electron chi connectivity index (χ3n) is 3.09. The topological polar surface area (TPSA) is 86.1 Å². The monoisotopic (exact) mass is 310 g/mol. The lowest BCUT2D eigenvalue weighted by atomic mass is 10.2. The van der Waals surface area contributed by atoms with Crippen LogP contribution in [0.25, 0.3) is 0 Å². The molecule has 2 aromatic rings. The Morgan fingerprint density at radius 1 is 1.00 bits per heavy atom. The van der Waals surface area contributed by atoms with E-state index in [0.717, 1.165) is 11.3 Å². The van der Waals surface area contributed by atoms with Gasteiger partial charge in [0.1, 0.15) is 0 Å². The predicted molar refractivity (Wildman–Crippen MR) is 92.2 cm³/mol. The number of para-hydroxylation sites is 1. The first-order valence-corrected chi connectivity index (χ1v) is 7.06. The average Bonchev–Trinajstić information content (AvgIpc) is 2.56. The van der Waals surface area contributed by atoms with E-state index in [1.54, 1.807) is 31.2 Å². The van der Waals surface area contributed by atoms with Gasteiger partial charge in [-0.3, -0.25) is 10.2 Å². The summed E-state index contributed by atoms with van der Waals surface area (Å²) in [5, 5.41) is 18.9. The maximum absolute atomic E-state index is 12.1. The van der Waals surface area contributed by atoms with Crippen molar-refractivity contribution in [3.8, 4) is 0 Å². The number of hydrogen-bond donors (Lipinski definition) is 3. The summed E-state index contributed by atoms with van der Waals surface area (Å²) in [7, 11) is 0. The molecular formula is C17H18N4O2. The zero-order chi connectivity index (χ0) is 16.7. The first-order valence-electron chi connectivity index (χ1n) is 7.06. The van der Waals surface area contributed by atoms with E-state index in [-0.39, 0.29) is 11.4 Å². The first-order chi connectivity index (χ1) is 11.1. The molecule has 0 aromatic heterocycles. The third-order valence-corrected chi connectivity index (χ3v) is 3.09. The summed E-state index contributed by atoms with van der Waals surface area (Å²) in [6.07, 6.45) is 0. The number of hydrogen-bond acceptors (Lipinski definition) is 5. The van der Waals surface area contributed by atoms with E-state index in [1.165, 1.54) is 0 Å². The molecule has 1 amide bonds. The van der Waals surface area contributed by atoms with Gasteiger partial charge in [-0.1, -0.05) is 41.1 Å². The Morgan fingerprint density at radius 2 is 1.65 bits per heavy atom. The Balaban J connectivity index is 2.05. The first kappa shape index (κ1) is 16.2. The second kappa shape index (κ2) is 7.74. The molecule has 6 heteroatoms. The number of amides is 1. The Morgan fingerprint density at radius 3 is 2.26 bits per heavy atom. The van der Waals surface area contributed by atoms with Gasteiger partial charge in [0.05, 0.1) is 11.4 Å². The largest absolute Gasteiger partial charge is 0.410 e. The van der Waals surface area contributed by atoms with Crippen LogP contribution in [-0.4, -0.2) is 22.5 Å². The fourth-order valence-corrected chi connectivity index (χ4v) is 1.82. The molecule has 118 valence electrons. The molecule has 2 rings (SSSR count). The molecule has 0 atom stereocenters. The van der Waals surface area contributed by atoms with E-state index < -0.39 is 5.91 Å². The predicted octanol–water partition coefficient (Wildman–Crippen LogP) is 3.25. The van der Waals surface area contributed by atoms with E-state index in [0.29, 0.717) is 5.69 Å². The van der Waals surface area contributed by atoms with Crippen molar-refractivity contribution in [2.24, 2.45) is 10.3 Å². The Hall–Kier alpha value is -3.15. The van der Waals surface area contributed by atoms with E-state index in [9.17, 15) is 4.79 Å². The minimum Gasteiger partial charge on any atom is -0.410 e. The van der Waals surface area contributed by atoms with Gasteiger partial charge in [0.2, 0.25) is 0 Å². The number of carbonyl (C=O) groups is 1. The molecule has 0 fully saturated rings. The number of hydrazone groups is 1. The molecule has 0 aliphatic heterocycles. The van der Waals surface area contributed by atoms with Gasteiger partial charge >= 0.3 is 0 Å². The molecule has 0 heterocycles. The van der Waals surface area contributed by atoms with Gasteiger partial charge in [-0.25, -0.2) is 0 Å². The summed E-state index contributed by atoms with van der Waals surface area (Å²) in [5.74, 6) is -0.536. The summed E-state index contributed by atoms with van der Waals surface area (Å²) >= 11 is 0. The van der Waals surface area contributed by atoms with Crippen molar-refractivity contribution in [2.75, 3.05) is 10.7 Å². The van der Waals surface area contributed by atoms with Crippen molar-refractivity contribution < 1.29 is 10.0 Å². The van der Waals surface area contributed by atoms with Crippen molar-refractivity contribution in [3.05, 3.63) is 60.2 Å². The molecule has 0 saturated heterocycles. The highest BCUT2D eigenvalue weighted by Crippen LogP contribution is 2.09. The van der Waals surface area contributed by atoms with Crippen LogP contribution in [0.5, 0.6) is 0 Å². The highest BCUT2D eigenvalue weighted by Gasteiger charge is 2.16. The fraction of sp³-hybridized carbons (Fsp3) is 0.118. The van der Waals surface area contributed by atoms with Gasteiger partial charge in [-0.2, -0.15) is 5.10 Å². The van der Waals surface area contributed by atoms with Crippen LogP contribution in [0.15, 0.2) is 64.9 Å². The van der Waals surface area contributed by atoms with Crippen LogP contribution < -0.4 is 10.7 Å². The minimum absolute atomic E-state index is 0.159.